The fraction of sp³-hybridized carbons (Fsp3) is 0.0625. The summed E-state index contributed by atoms with van der Waals surface area (Å²) < 4.78 is 1.75. The van der Waals surface area contributed by atoms with E-state index in [0.29, 0.717) is 16.6 Å². The van der Waals surface area contributed by atoms with Gasteiger partial charge < -0.3 is 9.67 Å². The van der Waals surface area contributed by atoms with Crippen molar-refractivity contribution in [1.82, 2.24) is 4.57 Å². The van der Waals surface area contributed by atoms with E-state index in [1.54, 1.807) is 10.6 Å². The maximum Gasteiger partial charge on any atom is 0.300 e. The van der Waals surface area contributed by atoms with Crippen molar-refractivity contribution in [3.8, 4) is 11.4 Å². The van der Waals surface area contributed by atoms with E-state index in [0.717, 1.165) is 17.4 Å². The number of amidine groups is 1. The van der Waals surface area contributed by atoms with Crippen LogP contribution >= 0.6 is 11.8 Å². The zero-order chi connectivity index (χ0) is 17.3. The summed E-state index contributed by atoms with van der Waals surface area (Å²) in [7, 11) is 0. The zero-order valence-corrected chi connectivity index (χ0v) is 13.4. The van der Waals surface area contributed by atoms with Gasteiger partial charge in [-0.1, -0.05) is 18.2 Å². The number of aromatic nitrogens is 1. The van der Waals surface area contributed by atoms with Crippen LogP contribution in [0.15, 0.2) is 48.5 Å². The number of hydrogen-bond acceptors (Lipinski definition) is 4. The molecule has 0 aliphatic carbocycles. The van der Waals surface area contributed by atoms with Gasteiger partial charge in [0.05, 0.1) is 21.6 Å². The molecule has 0 amide bonds. The van der Waals surface area contributed by atoms with Crippen molar-refractivity contribution in [3.05, 3.63) is 64.3 Å². The molecule has 8 heteroatoms. The van der Waals surface area contributed by atoms with E-state index in [1.807, 2.05) is 30.3 Å². The predicted octanol–water partition coefficient (Wildman–Crippen LogP) is 1.55. The molecule has 0 saturated carbocycles. The van der Waals surface area contributed by atoms with Gasteiger partial charge in [0.15, 0.2) is 0 Å². The van der Waals surface area contributed by atoms with Gasteiger partial charge in [-0.15, -0.1) is 0 Å². The molecule has 0 aliphatic rings. The number of phenolic OH excluding ortho intramolecular Hbond substituents is 1. The molecule has 0 bridgehead atoms. The molecular formula is C16H15N4O3S+. The number of fused-ring (bicyclic) bond motifs is 1. The van der Waals surface area contributed by atoms with Gasteiger partial charge in [0.25, 0.3) is 10.9 Å². The lowest BCUT2D eigenvalue weighted by Gasteiger charge is -2.09. The Morgan fingerprint density at radius 2 is 2.00 bits per heavy atom. The molecule has 3 rings (SSSR count). The summed E-state index contributed by atoms with van der Waals surface area (Å²) in [6.45, 7) is 0. The number of para-hydroxylation sites is 1. The number of nitrogens with zero attached hydrogens (tertiary/aromatic N) is 2. The Kier molecular flexibility index (Phi) is 4.13. The van der Waals surface area contributed by atoms with Crippen LogP contribution in [0.1, 0.15) is 5.69 Å². The summed E-state index contributed by atoms with van der Waals surface area (Å²) in [6.07, 6.45) is 0. The van der Waals surface area contributed by atoms with Gasteiger partial charge in [-0.2, -0.15) is 0 Å². The minimum absolute atomic E-state index is 0.0115. The van der Waals surface area contributed by atoms with Gasteiger partial charge in [-0.05, 0) is 36.0 Å². The molecule has 0 unspecified atom stereocenters. The van der Waals surface area contributed by atoms with Gasteiger partial charge in [-0.3, -0.25) is 21.3 Å². The minimum atomic E-state index is -0.415. The van der Waals surface area contributed by atoms with Crippen LogP contribution in [0.2, 0.25) is 0 Å². The smallest absolute Gasteiger partial charge is 0.300 e. The van der Waals surface area contributed by atoms with Gasteiger partial charge in [0.1, 0.15) is 11.4 Å². The molecule has 1 heterocycles. The van der Waals surface area contributed by atoms with Crippen LogP contribution in [-0.2, 0) is 5.75 Å². The van der Waals surface area contributed by atoms with Crippen molar-refractivity contribution in [2.75, 3.05) is 0 Å². The Hall–Kier alpha value is -3.00. The van der Waals surface area contributed by atoms with E-state index < -0.39 is 4.92 Å². The second kappa shape index (κ2) is 6.25. The lowest BCUT2D eigenvalue weighted by atomic mass is 10.2. The molecule has 3 aromatic rings. The van der Waals surface area contributed by atoms with Crippen LogP contribution in [0.4, 0.5) is 5.69 Å². The molecule has 122 valence electrons. The van der Waals surface area contributed by atoms with E-state index in [4.69, 9.17) is 11.1 Å². The van der Waals surface area contributed by atoms with E-state index in [1.165, 1.54) is 12.1 Å². The fourth-order valence-electron chi connectivity index (χ4n) is 2.67. The lowest BCUT2D eigenvalue weighted by Crippen LogP contribution is -2.43. The SMILES string of the molecule is NC(=[NH2+])SCc1c([N+](=O)[O-])c2ccc(O)cc2n1-c1ccccc1. The molecule has 0 aliphatic heterocycles. The Balaban J connectivity index is 2.36. The molecule has 0 saturated heterocycles. The largest absolute Gasteiger partial charge is 0.508 e. The average Bonchev–Trinajstić information content (AvgIpc) is 2.87. The highest BCUT2D eigenvalue weighted by molar-refractivity contribution is 8.12. The van der Waals surface area contributed by atoms with Gasteiger partial charge in [0.2, 0.25) is 0 Å². The van der Waals surface area contributed by atoms with Gasteiger partial charge >= 0.3 is 0 Å². The van der Waals surface area contributed by atoms with Crippen LogP contribution in [0.3, 0.4) is 0 Å². The fourth-order valence-corrected chi connectivity index (χ4v) is 3.24. The van der Waals surface area contributed by atoms with Crippen molar-refractivity contribution in [2.24, 2.45) is 5.73 Å². The van der Waals surface area contributed by atoms with Crippen LogP contribution in [-0.4, -0.2) is 19.8 Å². The third kappa shape index (κ3) is 2.79. The van der Waals surface area contributed by atoms with Crippen molar-refractivity contribution in [2.45, 2.75) is 5.75 Å². The van der Waals surface area contributed by atoms with Crippen molar-refractivity contribution >= 4 is 33.5 Å². The topological polar surface area (TPSA) is 120 Å². The first-order valence-electron chi connectivity index (χ1n) is 7.06. The predicted molar refractivity (Wildman–Crippen MR) is 94.0 cm³/mol. The summed E-state index contributed by atoms with van der Waals surface area (Å²) in [5.41, 5.74) is 7.28. The summed E-state index contributed by atoms with van der Waals surface area (Å²) >= 11 is 1.13. The molecule has 2 aromatic carbocycles. The van der Waals surface area contributed by atoms with Crippen molar-refractivity contribution < 1.29 is 15.4 Å². The van der Waals surface area contributed by atoms with E-state index >= 15 is 0 Å². The number of phenols is 1. The molecular weight excluding hydrogens is 328 g/mol. The average molecular weight is 343 g/mol. The van der Waals surface area contributed by atoms with Crippen molar-refractivity contribution in [1.29, 1.82) is 0 Å². The number of thioether (sulfide) groups is 1. The molecule has 24 heavy (non-hydrogen) atoms. The molecule has 5 N–H and O–H groups in total. The highest BCUT2D eigenvalue weighted by Gasteiger charge is 2.27. The van der Waals surface area contributed by atoms with Gasteiger partial charge in [0, 0.05) is 11.8 Å². The quantitative estimate of drug-likeness (QED) is 0.287. The second-order valence-corrected chi connectivity index (χ2v) is 6.16. The number of nitro groups is 1. The molecule has 0 radical (unpaired) electrons. The number of aromatic hydroxyl groups is 1. The summed E-state index contributed by atoms with van der Waals surface area (Å²) in [5.74, 6) is 0.277. The number of hydrogen-bond donors (Lipinski definition) is 3. The zero-order valence-electron chi connectivity index (χ0n) is 12.5. The lowest BCUT2D eigenvalue weighted by molar-refractivity contribution is -0.383. The summed E-state index contributed by atoms with van der Waals surface area (Å²) in [4.78, 5) is 11.2. The molecule has 0 atom stereocenters. The van der Waals surface area contributed by atoms with E-state index in [2.05, 4.69) is 0 Å². The van der Waals surface area contributed by atoms with E-state index in [-0.39, 0.29) is 22.4 Å². The third-order valence-corrected chi connectivity index (χ3v) is 4.34. The van der Waals surface area contributed by atoms with Crippen molar-refractivity contribution in [3.63, 3.8) is 0 Å². The maximum atomic E-state index is 11.7. The van der Waals surface area contributed by atoms with Crippen LogP contribution in [0.25, 0.3) is 16.6 Å². The Bertz CT molecular complexity index is 937. The highest BCUT2D eigenvalue weighted by Crippen LogP contribution is 2.38. The molecule has 0 spiro atoms. The van der Waals surface area contributed by atoms with E-state index in [9.17, 15) is 15.2 Å². The van der Waals surface area contributed by atoms with Crippen LogP contribution < -0.4 is 11.1 Å². The highest BCUT2D eigenvalue weighted by atomic mass is 32.2. The van der Waals surface area contributed by atoms with Gasteiger partial charge in [-0.25, -0.2) is 0 Å². The maximum absolute atomic E-state index is 11.7. The summed E-state index contributed by atoms with van der Waals surface area (Å²) in [5, 5.41) is 27.6. The Morgan fingerprint density at radius 1 is 1.29 bits per heavy atom. The van der Waals surface area contributed by atoms with Crippen LogP contribution in [0, 0.1) is 10.1 Å². The first-order chi connectivity index (χ1) is 11.5. The minimum Gasteiger partial charge on any atom is -0.508 e. The Labute approximate surface area is 141 Å². The molecule has 1 aromatic heterocycles. The number of nitrogens with two attached hydrogens (primary N) is 2. The molecule has 0 fully saturated rings. The number of benzene rings is 2. The first-order valence-corrected chi connectivity index (χ1v) is 8.04. The number of rotatable bonds is 4. The Morgan fingerprint density at radius 3 is 2.62 bits per heavy atom. The first kappa shape index (κ1) is 15.9. The normalized spacial score (nSPS) is 10.8. The molecule has 7 nitrogen and oxygen atoms in total. The second-order valence-electron chi connectivity index (χ2n) is 5.12. The summed E-state index contributed by atoms with van der Waals surface area (Å²) in [6, 6.07) is 13.7. The third-order valence-electron chi connectivity index (χ3n) is 3.59. The van der Waals surface area contributed by atoms with Crippen LogP contribution in [0.5, 0.6) is 5.75 Å². The monoisotopic (exact) mass is 343 g/mol. The standard InChI is InChI=1S/C16H14N4O3S/c17-16(18)24-9-14-15(20(22)23)12-7-6-11(21)8-13(12)19(14)10-4-2-1-3-5-10/h1-8,21H,9H2,(H3,17,18)/p+1.